The van der Waals surface area contributed by atoms with Gasteiger partial charge in [0.1, 0.15) is 18.2 Å². The maximum Gasteiger partial charge on any atom is 0.267 e. The fourth-order valence-corrected chi connectivity index (χ4v) is 2.61. The second-order valence-corrected chi connectivity index (χ2v) is 6.28. The number of nitrogens with one attached hydrogen (secondary N) is 2. The summed E-state index contributed by atoms with van der Waals surface area (Å²) in [5.41, 5.74) is 3.20. The van der Waals surface area contributed by atoms with E-state index in [1.54, 1.807) is 12.3 Å². The molecule has 152 valence electrons. The fourth-order valence-electron chi connectivity index (χ4n) is 2.61. The number of pyridine rings is 1. The minimum Gasteiger partial charge on any atom is -0.492 e. The van der Waals surface area contributed by atoms with Crippen LogP contribution in [0, 0.1) is 0 Å². The van der Waals surface area contributed by atoms with E-state index in [-0.39, 0.29) is 15.1 Å². The van der Waals surface area contributed by atoms with Crippen LogP contribution in [0.2, 0.25) is 0 Å². The van der Waals surface area contributed by atoms with Crippen molar-refractivity contribution in [3.63, 3.8) is 0 Å². The van der Waals surface area contributed by atoms with Crippen LogP contribution in [0.1, 0.15) is 27.7 Å². The maximum absolute atomic E-state index is 11.8. The van der Waals surface area contributed by atoms with E-state index < -0.39 is 0 Å². The van der Waals surface area contributed by atoms with Gasteiger partial charge in [0.25, 0.3) is 5.91 Å². The Balaban J connectivity index is 0.00000225. The minimum atomic E-state index is -0.357. The summed E-state index contributed by atoms with van der Waals surface area (Å²) in [7, 11) is 0. The van der Waals surface area contributed by atoms with Gasteiger partial charge in [-0.1, -0.05) is 18.2 Å². The van der Waals surface area contributed by atoms with Crippen LogP contribution < -0.4 is 15.5 Å². The molecule has 1 aromatic heterocycles. The standard InChI is InChI=1S/C21H25N3O4.2H2/c25-20(24-28-21-8-4-5-14-27-21)12-10-17-9-11-19(23-16-17)22-13-15-26-18-6-2-1-3-7-18;;/h1-3,6-7,9-12,16,21H,4-5,8,13-15H2,(H,22,23)(H,24,25);2*1H/b12-10+;;. The first kappa shape index (κ1) is 19.9. The molecule has 0 radical (unpaired) electrons. The SMILES string of the molecule is O=C(/C=C/c1ccc(NCCOc2ccccc2)nc1)NOC1CCCCO1.[HH].[HH]. The van der Waals surface area contributed by atoms with E-state index in [9.17, 15) is 4.79 Å². The number of carbonyl (C=O) groups is 1. The number of amides is 1. The van der Waals surface area contributed by atoms with Crippen LogP contribution in [-0.2, 0) is 14.4 Å². The van der Waals surface area contributed by atoms with Crippen molar-refractivity contribution in [3.8, 4) is 5.75 Å². The zero-order valence-electron chi connectivity index (χ0n) is 15.7. The molecule has 3 rings (SSSR count). The van der Waals surface area contributed by atoms with Gasteiger partial charge < -0.3 is 14.8 Å². The van der Waals surface area contributed by atoms with Crippen LogP contribution in [0.3, 0.4) is 0 Å². The van der Waals surface area contributed by atoms with Crippen LogP contribution in [-0.4, -0.2) is 36.9 Å². The lowest BCUT2D eigenvalue weighted by molar-refractivity contribution is -0.198. The number of para-hydroxylation sites is 1. The third-order valence-corrected chi connectivity index (χ3v) is 4.06. The summed E-state index contributed by atoms with van der Waals surface area (Å²) in [4.78, 5) is 21.3. The fraction of sp³-hybridized carbons (Fsp3) is 0.333. The third-order valence-electron chi connectivity index (χ3n) is 4.06. The lowest BCUT2D eigenvalue weighted by Gasteiger charge is -2.21. The summed E-state index contributed by atoms with van der Waals surface area (Å²) < 4.78 is 11.0. The lowest BCUT2D eigenvalue weighted by atomic mass is 10.2. The van der Waals surface area contributed by atoms with E-state index in [2.05, 4.69) is 15.8 Å². The number of aromatic nitrogens is 1. The number of carbonyl (C=O) groups excluding carboxylic acids is 1. The summed E-state index contributed by atoms with van der Waals surface area (Å²) >= 11 is 0. The van der Waals surface area contributed by atoms with Crippen molar-refractivity contribution in [1.82, 2.24) is 10.5 Å². The van der Waals surface area contributed by atoms with Gasteiger partial charge in [-0.05, 0) is 48.7 Å². The molecule has 28 heavy (non-hydrogen) atoms. The summed E-state index contributed by atoms with van der Waals surface area (Å²) in [6.07, 6.45) is 7.28. The van der Waals surface area contributed by atoms with Crippen LogP contribution >= 0.6 is 0 Å². The van der Waals surface area contributed by atoms with Crippen molar-refractivity contribution >= 4 is 17.8 Å². The number of hydroxylamine groups is 1. The van der Waals surface area contributed by atoms with Gasteiger partial charge in [-0.3, -0.25) is 4.79 Å². The van der Waals surface area contributed by atoms with Crippen molar-refractivity contribution in [3.05, 3.63) is 60.3 Å². The Labute approximate surface area is 167 Å². The second-order valence-electron chi connectivity index (χ2n) is 6.28. The number of hydrogen-bond acceptors (Lipinski definition) is 6. The Morgan fingerprint density at radius 2 is 2.14 bits per heavy atom. The first-order valence-corrected chi connectivity index (χ1v) is 9.43. The highest BCUT2D eigenvalue weighted by Gasteiger charge is 2.14. The molecule has 2 N–H and O–H groups in total. The largest absolute Gasteiger partial charge is 0.492 e. The molecule has 0 bridgehead atoms. The first-order valence-electron chi connectivity index (χ1n) is 9.43. The van der Waals surface area contributed by atoms with Gasteiger partial charge >= 0.3 is 0 Å². The smallest absolute Gasteiger partial charge is 0.267 e. The van der Waals surface area contributed by atoms with Gasteiger partial charge in [0, 0.05) is 28.2 Å². The van der Waals surface area contributed by atoms with Crippen molar-refractivity contribution in [2.24, 2.45) is 0 Å². The predicted molar refractivity (Wildman–Crippen MR) is 111 cm³/mol. The van der Waals surface area contributed by atoms with Crippen LogP contribution in [0.15, 0.2) is 54.7 Å². The number of rotatable bonds is 9. The molecule has 7 heteroatoms. The first-order chi connectivity index (χ1) is 13.8. The quantitative estimate of drug-likeness (QED) is 0.388. The molecule has 0 saturated carbocycles. The van der Waals surface area contributed by atoms with E-state index in [1.165, 1.54) is 6.08 Å². The highest BCUT2D eigenvalue weighted by Crippen LogP contribution is 2.12. The van der Waals surface area contributed by atoms with E-state index >= 15 is 0 Å². The molecule has 1 atom stereocenters. The van der Waals surface area contributed by atoms with Gasteiger partial charge in [0.05, 0.1) is 6.54 Å². The third kappa shape index (κ3) is 7.02. The Hall–Kier alpha value is -2.90. The van der Waals surface area contributed by atoms with Crippen LogP contribution in [0.5, 0.6) is 5.75 Å². The highest BCUT2D eigenvalue weighted by molar-refractivity contribution is 5.90. The van der Waals surface area contributed by atoms with Gasteiger partial charge in [-0.15, -0.1) is 0 Å². The average Bonchev–Trinajstić information content (AvgIpc) is 2.76. The lowest BCUT2D eigenvalue weighted by Crippen LogP contribution is -2.32. The van der Waals surface area contributed by atoms with Crippen LogP contribution in [0.25, 0.3) is 6.08 Å². The number of ether oxygens (including phenoxy) is 2. The topological polar surface area (TPSA) is 81.7 Å². The number of anilines is 1. The molecule has 0 spiro atoms. The van der Waals surface area contributed by atoms with Crippen molar-refractivity contribution in [2.75, 3.05) is 25.1 Å². The van der Waals surface area contributed by atoms with Gasteiger partial charge in [-0.25, -0.2) is 15.3 Å². The molecule has 1 saturated heterocycles. The van der Waals surface area contributed by atoms with Gasteiger partial charge in [0.2, 0.25) is 0 Å². The zero-order chi connectivity index (χ0) is 19.4. The molecular weight excluding hydrogens is 358 g/mol. The van der Waals surface area contributed by atoms with E-state index in [0.29, 0.717) is 19.8 Å². The molecule has 7 nitrogen and oxygen atoms in total. The second kappa shape index (κ2) is 11.1. The van der Waals surface area contributed by atoms with E-state index in [4.69, 9.17) is 14.3 Å². The molecule has 1 aliphatic rings. The molecule has 1 unspecified atom stereocenters. The molecule has 2 heterocycles. The predicted octanol–water partition coefficient (Wildman–Crippen LogP) is 3.65. The number of nitrogens with zero attached hydrogens (tertiary/aromatic N) is 1. The highest BCUT2D eigenvalue weighted by atomic mass is 16.8. The zero-order valence-corrected chi connectivity index (χ0v) is 15.7. The Kier molecular flexibility index (Phi) is 7.84. The maximum atomic E-state index is 11.8. The average molecular weight is 387 g/mol. The Bertz CT molecular complexity index is 755. The molecule has 1 fully saturated rings. The molecule has 2 aromatic rings. The monoisotopic (exact) mass is 387 g/mol. The molecular formula is C21H29N3O4. The number of benzene rings is 1. The molecule has 1 aromatic carbocycles. The van der Waals surface area contributed by atoms with Gasteiger partial charge in [0.15, 0.2) is 6.29 Å². The van der Waals surface area contributed by atoms with E-state index in [1.807, 2.05) is 42.5 Å². The summed E-state index contributed by atoms with van der Waals surface area (Å²) in [5, 5.41) is 3.19. The summed E-state index contributed by atoms with van der Waals surface area (Å²) in [6, 6.07) is 13.4. The van der Waals surface area contributed by atoms with Crippen molar-refractivity contribution in [2.45, 2.75) is 25.6 Å². The summed E-state index contributed by atoms with van der Waals surface area (Å²) in [5.74, 6) is 1.25. The van der Waals surface area contributed by atoms with Gasteiger partial charge in [-0.2, -0.15) is 0 Å². The minimum absolute atomic E-state index is 0. The molecule has 1 amide bonds. The number of hydrogen-bond donors (Lipinski definition) is 2. The molecule has 1 aliphatic heterocycles. The van der Waals surface area contributed by atoms with Crippen LogP contribution in [0.4, 0.5) is 5.82 Å². The molecule has 0 aliphatic carbocycles. The Morgan fingerprint density at radius 1 is 1.25 bits per heavy atom. The van der Waals surface area contributed by atoms with Crippen molar-refractivity contribution < 1.29 is 22.0 Å². The Morgan fingerprint density at radius 3 is 2.89 bits per heavy atom. The normalized spacial score (nSPS) is 16.6. The van der Waals surface area contributed by atoms with Crippen molar-refractivity contribution in [1.29, 1.82) is 0 Å². The summed E-state index contributed by atoms with van der Waals surface area (Å²) in [6.45, 7) is 1.85. The van der Waals surface area contributed by atoms with E-state index in [0.717, 1.165) is 36.4 Å².